The molecule has 0 aliphatic carbocycles. The van der Waals surface area contributed by atoms with E-state index in [0.29, 0.717) is 0 Å². The second-order valence-electron chi connectivity index (χ2n) is 4.10. The largest absolute Gasteiger partial charge is 0.384 e. The van der Waals surface area contributed by atoms with Gasteiger partial charge in [-0.3, -0.25) is 4.68 Å². The van der Waals surface area contributed by atoms with Crippen LogP contribution in [0, 0.1) is 0 Å². The Kier molecular flexibility index (Phi) is 3.52. The second-order valence-corrected chi connectivity index (χ2v) is 5.01. The smallest absolute Gasteiger partial charge is 0.125 e. The van der Waals surface area contributed by atoms with Crippen molar-refractivity contribution in [3.05, 3.63) is 34.3 Å². The van der Waals surface area contributed by atoms with Gasteiger partial charge in [-0.1, -0.05) is 41.4 Å². The minimum absolute atomic E-state index is 0.766. The van der Waals surface area contributed by atoms with Gasteiger partial charge in [-0.2, -0.15) is 5.10 Å². The molecule has 0 fully saturated rings. The number of rotatable bonds is 3. The van der Waals surface area contributed by atoms with Crippen LogP contribution in [0.4, 0.5) is 5.82 Å². The summed E-state index contributed by atoms with van der Waals surface area (Å²) in [6.07, 6.45) is 2.03. The lowest BCUT2D eigenvalue weighted by molar-refractivity contribution is 0.781. The molecule has 0 atom stereocenters. The van der Waals surface area contributed by atoms with Crippen LogP contribution in [0.1, 0.15) is 18.9 Å². The fourth-order valence-corrected chi connectivity index (χ4v) is 2.34. The second kappa shape index (κ2) is 4.92. The van der Waals surface area contributed by atoms with Gasteiger partial charge in [0.15, 0.2) is 0 Å². The molecule has 4 heteroatoms. The van der Waals surface area contributed by atoms with Crippen LogP contribution in [0.3, 0.4) is 0 Å². The fourth-order valence-electron chi connectivity index (χ4n) is 1.95. The molecular weight excluding hydrogens is 278 g/mol. The molecule has 1 heterocycles. The van der Waals surface area contributed by atoms with E-state index in [0.717, 1.165) is 40.0 Å². The number of nitrogen functional groups attached to an aromatic ring is 1. The summed E-state index contributed by atoms with van der Waals surface area (Å²) in [6, 6.07) is 8.15. The molecule has 17 heavy (non-hydrogen) atoms. The number of aryl methyl sites for hydroxylation is 1. The molecule has 0 bridgehead atoms. The Labute approximate surface area is 110 Å². The zero-order chi connectivity index (χ0) is 12.4. The van der Waals surface area contributed by atoms with E-state index in [1.807, 2.05) is 19.2 Å². The van der Waals surface area contributed by atoms with E-state index in [2.05, 4.69) is 40.1 Å². The highest BCUT2D eigenvalue weighted by molar-refractivity contribution is 9.10. The zero-order valence-corrected chi connectivity index (χ0v) is 11.7. The number of hydrogen-bond acceptors (Lipinski definition) is 2. The monoisotopic (exact) mass is 293 g/mol. The Hall–Kier alpha value is -1.29. The number of hydrogen-bond donors (Lipinski definition) is 1. The lowest BCUT2D eigenvalue weighted by atomic mass is 10.0. The van der Waals surface area contributed by atoms with Crippen molar-refractivity contribution in [3.8, 4) is 11.3 Å². The molecular formula is C13H16BrN3. The topological polar surface area (TPSA) is 43.8 Å². The third kappa shape index (κ3) is 2.36. The average Bonchev–Trinajstić information content (AvgIpc) is 2.58. The Morgan fingerprint density at radius 1 is 1.41 bits per heavy atom. The third-order valence-electron chi connectivity index (χ3n) is 2.79. The highest BCUT2D eigenvalue weighted by Gasteiger charge is 2.14. The van der Waals surface area contributed by atoms with Crippen molar-refractivity contribution in [1.29, 1.82) is 0 Å². The average molecular weight is 294 g/mol. The predicted octanol–water partition coefficient (Wildman–Crippen LogP) is 3.38. The number of nitrogens with two attached hydrogens (primary N) is 1. The van der Waals surface area contributed by atoms with Gasteiger partial charge in [0, 0.05) is 22.6 Å². The predicted molar refractivity (Wildman–Crippen MR) is 74.8 cm³/mol. The van der Waals surface area contributed by atoms with Crippen molar-refractivity contribution >= 4 is 21.7 Å². The van der Waals surface area contributed by atoms with Gasteiger partial charge in [-0.25, -0.2) is 0 Å². The van der Waals surface area contributed by atoms with E-state index in [1.165, 1.54) is 0 Å². The first-order chi connectivity index (χ1) is 8.13. The van der Waals surface area contributed by atoms with Gasteiger partial charge >= 0.3 is 0 Å². The van der Waals surface area contributed by atoms with Crippen LogP contribution in [0.25, 0.3) is 11.3 Å². The number of aromatic nitrogens is 2. The molecule has 0 radical (unpaired) electrons. The van der Waals surface area contributed by atoms with Gasteiger partial charge in [-0.05, 0) is 18.6 Å². The van der Waals surface area contributed by atoms with Gasteiger partial charge in [0.05, 0.1) is 5.69 Å². The molecule has 0 unspecified atom stereocenters. The summed E-state index contributed by atoms with van der Waals surface area (Å²) in [6.45, 7) is 2.15. The minimum atomic E-state index is 0.766. The molecule has 0 amide bonds. The van der Waals surface area contributed by atoms with Crippen LogP contribution < -0.4 is 5.73 Å². The minimum Gasteiger partial charge on any atom is -0.384 e. The quantitative estimate of drug-likeness (QED) is 0.943. The standard InChI is InChI=1S/C13H16BrN3/c1-3-5-11-12(16-17(2)13(11)15)9-6-4-7-10(14)8-9/h4,6-8H,3,5,15H2,1-2H3. The molecule has 0 saturated carbocycles. The maximum absolute atomic E-state index is 6.05. The maximum Gasteiger partial charge on any atom is 0.125 e. The van der Waals surface area contributed by atoms with Crippen molar-refractivity contribution in [2.45, 2.75) is 19.8 Å². The van der Waals surface area contributed by atoms with Gasteiger partial charge < -0.3 is 5.73 Å². The lowest BCUT2D eigenvalue weighted by Crippen LogP contribution is -1.99. The molecule has 0 spiro atoms. The molecule has 0 saturated heterocycles. The van der Waals surface area contributed by atoms with Gasteiger partial charge in [0.1, 0.15) is 5.82 Å². The summed E-state index contributed by atoms with van der Waals surface area (Å²) in [5, 5.41) is 4.51. The molecule has 0 aliphatic rings. The van der Waals surface area contributed by atoms with Gasteiger partial charge in [-0.15, -0.1) is 0 Å². The first-order valence-electron chi connectivity index (χ1n) is 5.70. The van der Waals surface area contributed by atoms with Crippen LogP contribution >= 0.6 is 15.9 Å². The van der Waals surface area contributed by atoms with Crippen LogP contribution in [-0.2, 0) is 13.5 Å². The number of benzene rings is 1. The van der Waals surface area contributed by atoms with Gasteiger partial charge in [0.25, 0.3) is 0 Å². The van der Waals surface area contributed by atoms with Crippen molar-refractivity contribution in [2.75, 3.05) is 5.73 Å². The highest BCUT2D eigenvalue weighted by Crippen LogP contribution is 2.29. The summed E-state index contributed by atoms with van der Waals surface area (Å²) in [5.74, 6) is 0.766. The SMILES string of the molecule is CCCc1c(-c2cccc(Br)c2)nn(C)c1N. The van der Waals surface area contributed by atoms with Gasteiger partial charge in [0.2, 0.25) is 0 Å². The first-order valence-corrected chi connectivity index (χ1v) is 6.50. The molecule has 0 aliphatic heterocycles. The molecule has 1 aromatic carbocycles. The summed E-state index contributed by atoms with van der Waals surface area (Å²) < 4.78 is 2.81. The molecule has 3 nitrogen and oxygen atoms in total. The highest BCUT2D eigenvalue weighted by atomic mass is 79.9. The van der Waals surface area contributed by atoms with Crippen molar-refractivity contribution in [1.82, 2.24) is 9.78 Å². The van der Waals surface area contributed by atoms with Crippen LogP contribution in [0.2, 0.25) is 0 Å². The van der Waals surface area contributed by atoms with Crippen LogP contribution in [0.15, 0.2) is 28.7 Å². The normalized spacial score (nSPS) is 10.8. The Balaban J connectivity index is 2.55. The Bertz CT molecular complexity index is 531. The van der Waals surface area contributed by atoms with E-state index in [4.69, 9.17) is 5.73 Å². The number of anilines is 1. The molecule has 2 rings (SSSR count). The van der Waals surface area contributed by atoms with E-state index in [9.17, 15) is 0 Å². The maximum atomic E-state index is 6.05. The van der Waals surface area contributed by atoms with Crippen LogP contribution in [-0.4, -0.2) is 9.78 Å². The fraction of sp³-hybridized carbons (Fsp3) is 0.308. The summed E-state index contributed by atoms with van der Waals surface area (Å²) in [4.78, 5) is 0. The molecule has 2 N–H and O–H groups in total. The van der Waals surface area contributed by atoms with Crippen LogP contribution in [0.5, 0.6) is 0 Å². The van der Waals surface area contributed by atoms with Crippen molar-refractivity contribution < 1.29 is 0 Å². The zero-order valence-electron chi connectivity index (χ0n) is 10.1. The first kappa shape index (κ1) is 12.2. The van der Waals surface area contributed by atoms with E-state index in [-0.39, 0.29) is 0 Å². The lowest BCUT2D eigenvalue weighted by Gasteiger charge is -2.02. The molecule has 1 aromatic heterocycles. The van der Waals surface area contributed by atoms with E-state index in [1.54, 1.807) is 4.68 Å². The van der Waals surface area contributed by atoms with Crippen molar-refractivity contribution in [2.24, 2.45) is 7.05 Å². The summed E-state index contributed by atoms with van der Waals surface area (Å²) in [5.41, 5.74) is 9.30. The number of nitrogens with zero attached hydrogens (tertiary/aromatic N) is 2. The third-order valence-corrected chi connectivity index (χ3v) is 3.28. The number of halogens is 1. The summed E-state index contributed by atoms with van der Waals surface area (Å²) in [7, 11) is 1.88. The summed E-state index contributed by atoms with van der Waals surface area (Å²) >= 11 is 3.48. The molecule has 90 valence electrons. The van der Waals surface area contributed by atoms with E-state index >= 15 is 0 Å². The van der Waals surface area contributed by atoms with E-state index < -0.39 is 0 Å². The molecule has 2 aromatic rings. The van der Waals surface area contributed by atoms with Crippen molar-refractivity contribution in [3.63, 3.8) is 0 Å². The Morgan fingerprint density at radius 3 is 2.82 bits per heavy atom. The Morgan fingerprint density at radius 2 is 2.18 bits per heavy atom.